The molecule has 0 radical (unpaired) electrons. The minimum atomic E-state index is 0. The third-order valence-corrected chi connectivity index (χ3v) is 1.74. The first-order chi connectivity index (χ1) is 4.25. The highest BCUT2D eigenvalue weighted by atomic mass is 79.9. The summed E-state index contributed by atoms with van der Waals surface area (Å²) < 4.78 is 4.32. The number of hydrogen-bond acceptors (Lipinski definition) is 0. The van der Waals surface area contributed by atoms with Gasteiger partial charge in [0.25, 0.3) is 5.82 Å². The molecule has 0 unspecified atom stereocenters. The zero-order valence-electron chi connectivity index (χ0n) is 6.63. The zero-order chi connectivity index (χ0) is 6.85. The van der Waals surface area contributed by atoms with E-state index in [0.717, 1.165) is 6.54 Å². The van der Waals surface area contributed by atoms with Crippen LogP contribution in [-0.4, -0.2) is 4.57 Å². The molecule has 0 aliphatic rings. The SMILES string of the molecule is CC[n+]1ccn(C)c1C.[Br-]. The Morgan fingerprint density at radius 3 is 2.40 bits per heavy atom. The Hall–Kier alpha value is -0.310. The Bertz CT molecular complexity index is 205. The van der Waals surface area contributed by atoms with Crippen LogP contribution in [0.4, 0.5) is 0 Å². The molecule has 1 aromatic heterocycles. The van der Waals surface area contributed by atoms with E-state index in [9.17, 15) is 0 Å². The van der Waals surface area contributed by atoms with Gasteiger partial charge >= 0.3 is 0 Å². The summed E-state index contributed by atoms with van der Waals surface area (Å²) in [6.07, 6.45) is 4.16. The summed E-state index contributed by atoms with van der Waals surface area (Å²) in [5.41, 5.74) is 0. The molecule has 0 N–H and O–H groups in total. The van der Waals surface area contributed by atoms with E-state index < -0.39 is 0 Å². The minimum Gasteiger partial charge on any atom is -1.00 e. The lowest BCUT2D eigenvalue weighted by atomic mass is 10.6. The van der Waals surface area contributed by atoms with E-state index in [0.29, 0.717) is 0 Å². The second kappa shape index (κ2) is 3.76. The lowest BCUT2D eigenvalue weighted by Gasteiger charge is -1.90. The molecule has 0 amide bonds. The molecule has 1 rings (SSSR count). The predicted molar refractivity (Wildman–Crippen MR) is 36.0 cm³/mol. The molecule has 1 aromatic rings. The highest BCUT2D eigenvalue weighted by Crippen LogP contribution is 1.86. The summed E-state index contributed by atoms with van der Waals surface area (Å²) in [7, 11) is 2.06. The maximum Gasteiger partial charge on any atom is 0.252 e. The quantitative estimate of drug-likeness (QED) is 0.454. The Morgan fingerprint density at radius 1 is 1.60 bits per heavy atom. The number of aryl methyl sites for hydroxylation is 2. The maximum absolute atomic E-state index is 2.21. The predicted octanol–water partition coefficient (Wildman–Crippen LogP) is -2.36. The van der Waals surface area contributed by atoms with E-state index >= 15 is 0 Å². The molecule has 0 spiro atoms. The minimum absolute atomic E-state index is 0. The fourth-order valence-corrected chi connectivity index (χ4v) is 0.933. The smallest absolute Gasteiger partial charge is 0.252 e. The molecule has 2 nitrogen and oxygen atoms in total. The van der Waals surface area contributed by atoms with Crippen LogP contribution < -0.4 is 21.5 Å². The molecule has 0 aliphatic carbocycles. The molecule has 10 heavy (non-hydrogen) atoms. The van der Waals surface area contributed by atoms with Crippen molar-refractivity contribution in [3.63, 3.8) is 0 Å². The highest BCUT2D eigenvalue weighted by Gasteiger charge is 2.03. The van der Waals surface area contributed by atoms with Crippen molar-refractivity contribution in [2.24, 2.45) is 7.05 Å². The Labute approximate surface area is 72.3 Å². The molecule has 0 aliphatic heterocycles. The third-order valence-electron chi connectivity index (χ3n) is 1.74. The number of hydrogen-bond donors (Lipinski definition) is 0. The van der Waals surface area contributed by atoms with Gasteiger partial charge in [-0.25, -0.2) is 9.13 Å². The first kappa shape index (κ1) is 9.69. The molecular formula is C7H13BrN2. The van der Waals surface area contributed by atoms with Gasteiger partial charge < -0.3 is 17.0 Å². The monoisotopic (exact) mass is 204 g/mol. The number of rotatable bonds is 1. The van der Waals surface area contributed by atoms with Gasteiger partial charge in [-0.1, -0.05) is 0 Å². The third kappa shape index (κ3) is 1.59. The van der Waals surface area contributed by atoms with Crippen LogP contribution in [0.2, 0.25) is 0 Å². The topological polar surface area (TPSA) is 8.81 Å². The second-order valence-electron chi connectivity index (χ2n) is 2.24. The summed E-state index contributed by atoms with van der Waals surface area (Å²) in [5.74, 6) is 1.30. The molecule has 0 fully saturated rings. The standard InChI is InChI=1S/C7H13N2.BrH/c1-4-9-6-5-8(3)7(9)2;/h5-6H,4H2,1-3H3;1H/q+1;/p-1. The lowest BCUT2D eigenvalue weighted by molar-refractivity contribution is -0.699. The molecular weight excluding hydrogens is 192 g/mol. The van der Waals surface area contributed by atoms with Crippen molar-refractivity contribution in [2.75, 3.05) is 0 Å². The fraction of sp³-hybridized carbons (Fsp3) is 0.571. The Kier molecular flexibility index (Phi) is 3.64. The molecule has 0 saturated carbocycles. The molecule has 0 saturated heterocycles. The van der Waals surface area contributed by atoms with Crippen molar-refractivity contribution in [3.8, 4) is 0 Å². The van der Waals surface area contributed by atoms with Crippen molar-refractivity contribution in [1.29, 1.82) is 0 Å². The molecule has 0 atom stereocenters. The van der Waals surface area contributed by atoms with Gasteiger partial charge in [-0.2, -0.15) is 0 Å². The van der Waals surface area contributed by atoms with Gasteiger partial charge in [0, 0.05) is 6.92 Å². The van der Waals surface area contributed by atoms with E-state index in [-0.39, 0.29) is 17.0 Å². The van der Waals surface area contributed by atoms with E-state index in [1.807, 2.05) is 0 Å². The van der Waals surface area contributed by atoms with Crippen LogP contribution in [0.1, 0.15) is 12.7 Å². The fourth-order valence-electron chi connectivity index (χ4n) is 0.933. The molecule has 0 aromatic carbocycles. The van der Waals surface area contributed by atoms with Gasteiger partial charge in [0.15, 0.2) is 0 Å². The average Bonchev–Trinajstić information content (AvgIpc) is 2.15. The molecule has 1 heterocycles. The largest absolute Gasteiger partial charge is 1.00 e. The highest BCUT2D eigenvalue weighted by molar-refractivity contribution is 4.76. The van der Waals surface area contributed by atoms with Gasteiger partial charge in [-0.05, 0) is 6.92 Å². The van der Waals surface area contributed by atoms with Gasteiger partial charge in [0.05, 0.1) is 13.6 Å². The summed E-state index contributed by atoms with van der Waals surface area (Å²) in [4.78, 5) is 0. The van der Waals surface area contributed by atoms with Gasteiger partial charge in [-0.3, -0.25) is 0 Å². The number of imidazole rings is 1. The van der Waals surface area contributed by atoms with E-state index in [2.05, 4.69) is 42.4 Å². The first-order valence-electron chi connectivity index (χ1n) is 3.27. The van der Waals surface area contributed by atoms with Crippen molar-refractivity contribution < 1.29 is 21.5 Å². The Morgan fingerprint density at radius 2 is 2.20 bits per heavy atom. The van der Waals surface area contributed by atoms with Gasteiger partial charge in [0.1, 0.15) is 12.4 Å². The maximum atomic E-state index is 2.21. The van der Waals surface area contributed by atoms with Crippen molar-refractivity contribution in [2.45, 2.75) is 20.4 Å². The van der Waals surface area contributed by atoms with Crippen LogP contribution in [0.5, 0.6) is 0 Å². The van der Waals surface area contributed by atoms with E-state index in [1.54, 1.807) is 0 Å². The summed E-state index contributed by atoms with van der Waals surface area (Å²) in [6.45, 7) is 5.32. The van der Waals surface area contributed by atoms with Crippen LogP contribution in [0.15, 0.2) is 12.4 Å². The average molecular weight is 205 g/mol. The molecule has 58 valence electrons. The summed E-state index contributed by atoms with van der Waals surface area (Å²) in [6, 6.07) is 0. The molecule has 3 heteroatoms. The van der Waals surface area contributed by atoms with Crippen LogP contribution in [0.25, 0.3) is 0 Å². The van der Waals surface area contributed by atoms with Gasteiger partial charge in [0.2, 0.25) is 0 Å². The van der Waals surface area contributed by atoms with Crippen molar-refractivity contribution in [1.82, 2.24) is 4.57 Å². The lowest BCUT2D eigenvalue weighted by Crippen LogP contribution is -3.00. The second-order valence-corrected chi connectivity index (χ2v) is 2.24. The van der Waals surface area contributed by atoms with E-state index in [4.69, 9.17) is 0 Å². The Balaban J connectivity index is 0.000000810. The normalized spacial score (nSPS) is 9.10. The number of aromatic nitrogens is 2. The van der Waals surface area contributed by atoms with Crippen molar-refractivity contribution in [3.05, 3.63) is 18.2 Å². The van der Waals surface area contributed by atoms with Crippen LogP contribution in [0.3, 0.4) is 0 Å². The van der Waals surface area contributed by atoms with Gasteiger partial charge in [-0.15, -0.1) is 0 Å². The zero-order valence-corrected chi connectivity index (χ0v) is 8.22. The first-order valence-corrected chi connectivity index (χ1v) is 3.27. The van der Waals surface area contributed by atoms with Crippen LogP contribution in [0, 0.1) is 6.92 Å². The van der Waals surface area contributed by atoms with Crippen LogP contribution in [-0.2, 0) is 13.6 Å². The van der Waals surface area contributed by atoms with Crippen LogP contribution >= 0.6 is 0 Å². The summed E-state index contributed by atoms with van der Waals surface area (Å²) >= 11 is 0. The number of nitrogens with zero attached hydrogens (tertiary/aromatic N) is 2. The summed E-state index contributed by atoms with van der Waals surface area (Å²) in [5, 5.41) is 0. The van der Waals surface area contributed by atoms with E-state index in [1.165, 1.54) is 5.82 Å². The number of halogens is 1. The molecule has 0 bridgehead atoms. The van der Waals surface area contributed by atoms with Crippen molar-refractivity contribution >= 4 is 0 Å².